The predicted molar refractivity (Wildman–Crippen MR) is 111 cm³/mol. The number of nitrogens with zero attached hydrogens (tertiary/aromatic N) is 2. The van der Waals surface area contributed by atoms with Crippen LogP contribution in [0.5, 0.6) is 0 Å². The van der Waals surface area contributed by atoms with Crippen molar-refractivity contribution in [2.75, 3.05) is 23.3 Å². The van der Waals surface area contributed by atoms with E-state index in [-0.39, 0.29) is 5.91 Å². The maximum absolute atomic E-state index is 12.9. The first kappa shape index (κ1) is 17.6. The summed E-state index contributed by atoms with van der Waals surface area (Å²) in [4.78, 5) is 20.7. The van der Waals surface area contributed by atoms with Gasteiger partial charge >= 0.3 is 0 Å². The summed E-state index contributed by atoms with van der Waals surface area (Å²) in [5.74, 6) is -0.139. The summed E-state index contributed by atoms with van der Waals surface area (Å²) in [6.07, 6.45) is 4.18. The molecule has 4 nitrogen and oxygen atoms in total. The molecule has 0 unspecified atom stereocenters. The summed E-state index contributed by atoms with van der Waals surface area (Å²) in [7, 11) is 0. The van der Waals surface area contributed by atoms with Crippen molar-refractivity contribution >= 4 is 29.0 Å². The van der Waals surface area contributed by atoms with Gasteiger partial charge in [-0.3, -0.25) is 4.79 Å². The van der Waals surface area contributed by atoms with E-state index < -0.39 is 0 Å². The number of hydrogen-bond donors (Lipinski definition) is 1. The zero-order valence-corrected chi connectivity index (χ0v) is 15.8. The number of anilines is 2. The molecule has 27 heavy (non-hydrogen) atoms. The van der Waals surface area contributed by atoms with Gasteiger partial charge < -0.3 is 10.2 Å². The molecule has 1 saturated heterocycles. The van der Waals surface area contributed by atoms with Crippen molar-refractivity contribution in [1.82, 2.24) is 4.98 Å². The Kier molecular flexibility index (Phi) is 5.39. The number of carbonyl (C=O) groups is 1. The third-order valence-electron chi connectivity index (χ3n) is 4.55. The molecule has 5 heteroatoms. The minimum Gasteiger partial charge on any atom is -0.371 e. The molecule has 2 aromatic carbocycles. The average molecular weight is 375 g/mol. The van der Waals surface area contributed by atoms with E-state index >= 15 is 0 Å². The number of pyridine rings is 1. The van der Waals surface area contributed by atoms with Gasteiger partial charge in [0.25, 0.3) is 5.91 Å². The van der Waals surface area contributed by atoms with Gasteiger partial charge in [0, 0.05) is 35.6 Å². The lowest BCUT2D eigenvalue weighted by Gasteiger charge is -2.18. The molecular weight excluding hydrogens is 354 g/mol. The highest BCUT2D eigenvalue weighted by molar-refractivity contribution is 7.99. The number of carbonyl (C=O) groups excluding carboxylic acids is 1. The van der Waals surface area contributed by atoms with Crippen molar-refractivity contribution in [3.05, 3.63) is 78.5 Å². The molecule has 1 aliphatic heterocycles. The highest BCUT2D eigenvalue weighted by Gasteiger charge is 2.16. The van der Waals surface area contributed by atoms with Crippen molar-refractivity contribution in [3.63, 3.8) is 0 Å². The molecule has 4 rings (SSSR count). The summed E-state index contributed by atoms with van der Waals surface area (Å²) < 4.78 is 0. The van der Waals surface area contributed by atoms with E-state index in [0.717, 1.165) is 29.4 Å². The van der Waals surface area contributed by atoms with Gasteiger partial charge in [0.1, 0.15) is 5.03 Å². The highest BCUT2D eigenvalue weighted by Crippen LogP contribution is 2.29. The van der Waals surface area contributed by atoms with Gasteiger partial charge in [0.05, 0.1) is 5.56 Å². The first-order valence-electron chi connectivity index (χ1n) is 9.14. The second-order valence-corrected chi connectivity index (χ2v) is 7.53. The topological polar surface area (TPSA) is 45.2 Å². The molecule has 0 atom stereocenters. The molecule has 1 N–H and O–H groups in total. The van der Waals surface area contributed by atoms with E-state index in [0.29, 0.717) is 10.6 Å². The molecular formula is C22H21N3OS. The summed E-state index contributed by atoms with van der Waals surface area (Å²) in [5, 5.41) is 3.73. The Hall–Kier alpha value is -2.79. The van der Waals surface area contributed by atoms with Crippen molar-refractivity contribution in [1.29, 1.82) is 0 Å². The van der Waals surface area contributed by atoms with E-state index in [1.54, 1.807) is 12.3 Å². The Balaban J connectivity index is 1.53. The van der Waals surface area contributed by atoms with E-state index in [9.17, 15) is 4.79 Å². The highest BCUT2D eigenvalue weighted by atomic mass is 32.2. The molecule has 1 fully saturated rings. The molecule has 1 aliphatic rings. The van der Waals surface area contributed by atoms with E-state index in [1.165, 1.54) is 24.6 Å². The van der Waals surface area contributed by atoms with Crippen LogP contribution >= 0.6 is 11.8 Å². The van der Waals surface area contributed by atoms with Crippen LogP contribution in [0.1, 0.15) is 23.2 Å². The minimum absolute atomic E-state index is 0.139. The van der Waals surface area contributed by atoms with Crippen LogP contribution in [0.4, 0.5) is 11.4 Å². The number of hydrogen-bond acceptors (Lipinski definition) is 4. The first-order chi connectivity index (χ1) is 13.3. The number of benzene rings is 2. The number of nitrogens with one attached hydrogen (secondary N) is 1. The maximum atomic E-state index is 12.9. The number of amides is 1. The fourth-order valence-corrected chi connectivity index (χ4v) is 4.10. The lowest BCUT2D eigenvalue weighted by atomic mass is 10.2. The molecule has 0 aliphatic carbocycles. The summed E-state index contributed by atoms with van der Waals surface area (Å²) in [6, 6.07) is 21.6. The second kappa shape index (κ2) is 8.27. The Morgan fingerprint density at radius 2 is 1.78 bits per heavy atom. The summed E-state index contributed by atoms with van der Waals surface area (Å²) >= 11 is 1.50. The largest absolute Gasteiger partial charge is 0.371 e. The third kappa shape index (κ3) is 4.31. The van der Waals surface area contributed by atoms with Crippen LogP contribution in [0.2, 0.25) is 0 Å². The lowest BCUT2D eigenvalue weighted by Crippen LogP contribution is -2.18. The van der Waals surface area contributed by atoms with Gasteiger partial charge in [-0.05, 0) is 55.3 Å². The lowest BCUT2D eigenvalue weighted by molar-refractivity contribution is 0.102. The third-order valence-corrected chi connectivity index (χ3v) is 5.58. The summed E-state index contributed by atoms with van der Waals surface area (Å²) in [6.45, 7) is 2.16. The van der Waals surface area contributed by atoms with E-state index in [2.05, 4.69) is 21.3 Å². The molecule has 1 aromatic heterocycles. The zero-order valence-electron chi connectivity index (χ0n) is 15.0. The quantitative estimate of drug-likeness (QED) is 0.675. The standard InChI is InChI=1S/C22H21N3OS/c26-21(24-17-8-6-9-18(16-17)25-14-4-5-15-25)20-12-7-13-23-22(20)27-19-10-2-1-3-11-19/h1-3,6-13,16H,4-5,14-15H2,(H,24,26). The van der Waals surface area contributed by atoms with Crippen LogP contribution in [-0.2, 0) is 0 Å². The maximum Gasteiger partial charge on any atom is 0.258 e. The van der Waals surface area contributed by atoms with Gasteiger partial charge in [-0.25, -0.2) is 4.98 Å². The molecule has 1 amide bonds. The molecule has 2 heterocycles. The smallest absolute Gasteiger partial charge is 0.258 e. The molecule has 0 bridgehead atoms. The zero-order chi connectivity index (χ0) is 18.5. The van der Waals surface area contributed by atoms with Gasteiger partial charge in [-0.2, -0.15) is 0 Å². The normalized spacial score (nSPS) is 13.6. The Bertz CT molecular complexity index is 924. The second-order valence-electron chi connectivity index (χ2n) is 6.47. The minimum atomic E-state index is -0.139. The van der Waals surface area contributed by atoms with Crippen LogP contribution < -0.4 is 10.2 Å². The van der Waals surface area contributed by atoms with Gasteiger partial charge in [0.2, 0.25) is 0 Å². The molecule has 0 saturated carbocycles. The number of rotatable bonds is 5. The molecule has 0 spiro atoms. The Morgan fingerprint density at radius 3 is 2.59 bits per heavy atom. The van der Waals surface area contributed by atoms with Crippen LogP contribution in [0.15, 0.2) is 82.8 Å². The number of aromatic nitrogens is 1. The van der Waals surface area contributed by atoms with Crippen molar-refractivity contribution in [2.45, 2.75) is 22.8 Å². The fourth-order valence-electron chi connectivity index (χ4n) is 3.20. The van der Waals surface area contributed by atoms with Gasteiger partial charge in [-0.1, -0.05) is 36.0 Å². The first-order valence-corrected chi connectivity index (χ1v) is 9.95. The van der Waals surface area contributed by atoms with Gasteiger partial charge in [-0.15, -0.1) is 0 Å². The SMILES string of the molecule is O=C(Nc1cccc(N2CCCC2)c1)c1cccnc1Sc1ccccc1. The van der Waals surface area contributed by atoms with E-state index in [1.807, 2.05) is 54.6 Å². The van der Waals surface area contributed by atoms with Crippen LogP contribution in [-0.4, -0.2) is 24.0 Å². The van der Waals surface area contributed by atoms with Crippen molar-refractivity contribution in [3.8, 4) is 0 Å². The van der Waals surface area contributed by atoms with Crippen molar-refractivity contribution in [2.24, 2.45) is 0 Å². The monoisotopic (exact) mass is 375 g/mol. The van der Waals surface area contributed by atoms with Gasteiger partial charge in [0.15, 0.2) is 0 Å². The summed E-state index contributed by atoms with van der Waals surface area (Å²) in [5.41, 5.74) is 2.55. The molecule has 0 radical (unpaired) electrons. The predicted octanol–water partition coefficient (Wildman–Crippen LogP) is 5.09. The fraction of sp³-hybridized carbons (Fsp3) is 0.182. The van der Waals surface area contributed by atoms with Crippen LogP contribution in [0.25, 0.3) is 0 Å². The van der Waals surface area contributed by atoms with E-state index in [4.69, 9.17) is 0 Å². The molecule has 3 aromatic rings. The Labute approximate surface area is 163 Å². The van der Waals surface area contributed by atoms with Crippen LogP contribution in [0, 0.1) is 0 Å². The van der Waals surface area contributed by atoms with Crippen molar-refractivity contribution < 1.29 is 4.79 Å². The van der Waals surface area contributed by atoms with Crippen LogP contribution in [0.3, 0.4) is 0 Å². The Morgan fingerprint density at radius 1 is 0.963 bits per heavy atom. The average Bonchev–Trinajstić information content (AvgIpc) is 3.24. The molecule has 136 valence electrons.